The molecule has 114 valence electrons. The van der Waals surface area contributed by atoms with Crippen LogP contribution in [-0.2, 0) is 16.4 Å². The van der Waals surface area contributed by atoms with Crippen LogP contribution in [0.3, 0.4) is 0 Å². The Bertz CT molecular complexity index is 893. The summed E-state index contributed by atoms with van der Waals surface area (Å²) in [5, 5.41) is 1.01. The smallest absolute Gasteiger partial charge is 0.241 e. The maximum absolute atomic E-state index is 12.8. The van der Waals surface area contributed by atoms with Crippen LogP contribution in [-0.4, -0.2) is 12.4 Å². The summed E-state index contributed by atoms with van der Waals surface area (Å²) in [5.41, 5.74) is 1.93. The van der Waals surface area contributed by atoms with E-state index >= 15 is 0 Å². The van der Waals surface area contributed by atoms with Crippen molar-refractivity contribution in [1.29, 1.82) is 0 Å². The van der Waals surface area contributed by atoms with Crippen LogP contribution in [0.2, 0.25) is 0 Å². The fraction of sp³-hybridized carbons (Fsp3) is 0.222. The molecule has 0 aliphatic heterocycles. The molecule has 0 amide bonds. The third kappa shape index (κ3) is 2.55. The van der Waals surface area contributed by atoms with Crippen LogP contribution >= 0.6 is 0 Å². The Morgan fingerprint density at radius 1 is 0.955 bits per heavy atom. The first kappa shape index (κ1) is 14.9. The van der Waals surface area contributed by atoms with Gasteiger partial charge in [0.2, 0.25) is 0 Å². The minimum atomic E-state index is -3.55. The van der Waals surface area contributed by atoms with E-state index in [2.05, 4.69) is 19.9 Å². The van der Waals surface area contributed by atoms with Gasteiger partial charge in [-0.05, 0) is 42.2 Å². The van der Waals surface area contributed by atoms with E-state index in [0.717, 1.165) is 17.3 Å². The van der Waals surface area contributed by atoms with Crippen molar-refractivity contribution in [3.63, 3.8) is 0 Å². The summed E-state index contributed by atoms with van der Waals surface area (Å²) in [5.74, 6) is 0.527. The van der Waals surface area contributed by atoms with E-state index in [1.807, 2.05) is 24.3 Å². The summed E-state index contributed by atoms with van der Waals surface area (Å²) in [4.78, 5) is 0.307. The highest BCUT2D eigenvalue weighted by Crippen LogP contribution is 2.26. The van der Waals surface area contributed by atoms with Gasteiger partial charge in [0.25, 0.3) is 10.0 Å². The lowest BCUT2D eigenvalue weighted by Gasteiger charge is -2.09. The zero-order valence-electron chi connectivity index (χ0n) is 12.7. The Hall–Kier alpha value is -2.07. The summed E-state index contributed by atoms with van der Waals surface area (Å²) in [6.07, 6.45) is 2.59. The van der Waals surface area contributed by atoms with Gasteiger partial charge in [0.15, 0.2) is 0 Å². The van der Waals surface area contributed by atoms with E-state index in [9.17, 15) is 8.42 Å². The number of aromatic nitrogens is 1. The number of benzene rings is 2. The summed E-state index contributed by atoms with van der Waals surface area (Å²) in [6.45, 7) is 4.33. The zero-order chi connectivity index (χ0) is 15.7. The van der Waals surface area contributed by atoms with Crippen molar-refractivity contribution in [1.82, 2.24) is 3.97 Å². The molecule has 3 aromatic rings. The van der Waals surface area contributed by atoms with E-state index in [1.54, 1.807) is 30.5 Å². The van der Waals surface area contributed by atoms with Crippen LogP contribution in [0.25, 0.3) is 10.9 Å². The highest BCUT2D eigenvalue weighted by Gasteiger charge is 2.19. The van der Waals surface area contributed by atoms with Crippen LogP contribution in [0.5, 0.6) is 0 Å². The van der Waals surface area contributed by atoms with Crippen LogP contribution in [0.4, 0.5) is 0 Å². The van der Waals surface area contributed by atoms with E-state index in [1.165, 1.54) is 9.54 Å². The molecule has 3 rings (SSSR count). The molecule has 0 saturated heterocycles. The summed E-state index contributed by atoms with van der Waals surface area (Å²) in [6, 6.07) is 16.3. The molecule has 0 N–H and O–H groups in total. The third-order valence-electron chi connectivity index (χ3n) is 3.72. The first-order chi connectivity index (χ1) is 10.5. The second kappa shape index (κ2) is 5.61. The first-order valence-corrected chi connectivity index (χ1v) is 8.84. The minimum Gasteiger partial charge on any atom is -0.241 e. The van der Waals surface area contributed by atoms with Crippen molar-refractivity contribution >= 4 is 20.9 Å². The summed E-state index contributed by atoms with van der Waals surface area (Å²) < 4.78 is 27.0. The molecule has 4 heteroatoms. The number of nitrogens with zero attached hydrogens (tertiary/aromatic N) is 1. The lowest BCUT2D eigenvalue weighted by Crippen LogP contribution is -2.11. The second-order valence-corrected chi connectivity index (χ2v) is 7.69. The topological polar surface area (TPSA) is 39.1 Å². The van der Waals surface area contributed by atoms with Gasteiger partial charge in [-0.25, -0.2) is 12.4 Å². The molecule has 0 fully saturated rings. The Kier molecular flexibility index (Phi) is 3.79. The molecule has 1 heterocycles. The van der Waals surface area contributed by atoms with Crippen LogP contribution in [0.1, 0.15) is 19.4 Å². The molecule has 2 aromatic carbocycles. The minimum absolute atomic E-state index is 0.307. The quantitative estimate of drug-likeness (QED) is 0.728. The van der Waals surface area contributed by atoms with E-state index in [-0.39, 0.29) is 0 Å². The second-order valence-electron chi connectivity index (χ2n) is 5.88. The molecular formula is C18H19NO2S. The standard InChI is InChI=1S/C18H19NO2S/c1-14(2)13-15-7-6-10-18-17(15)11-12-19(18)22(20,21)16-8-4-3-5-9-16/h3-12,14H,13H2,1-2H3. The van der Waals surface area contributed by atoms with Crippen LogP contribution in [0, 0.1) is 5.92 Å². The Morgan fingerprint density at radius 3 is 2.36 bits per heavy atom. The molecule has 0 spiro atoms. The summed E-state index contributed by atoms with van der Waals surface area (Å²) in [7, 11) is -3.55. The van der Waals surface area contributed by atoms with Gasteiger partial charge in [-0.1, -0.05) is 44.2 Å². The number of hydrogen-bond donors (Lipinski definition) is 0. The highest BCUT2D eigenvalue weighted by molar-refractivity contribution is 7.90. The van der Waals surface area contributed by atoms with Gasteiger partial charge < -0.3 is 0 Å². The SMILES string of the molecule is CC(C)Cc1cccc2c1ccn2S(=O)(=O)c1ccccc1. The third-order valence-corrected chi connectivity index (χ3v) is 5.42. The molecular weight excluding hydrogens is 294 g/mol. The van der Waals surface area contributed by atoms with Crippen molar-refractivity contribution in [3.05, 3.63) is 66.4 Å². The maximum atomic E-state index is 12.8. The van der Waals surface area contributed by atoms with Gasteiger partial charge in [0, 0.05) is 11.6 Å². The van der Waals surface area contributed by atoms with Crippen molar-refractivity contribution < 1.29 is 8.42 Å². The Balaban J connectivity index is 2.17. The fourth-order valence-electron chi connectivity index (χ4n) is 2.74. The Labute approximate surface area is 131 Å². The molecule has 0 atom stereocenters. The van der Waals surface area contributed by atoms with Gasteiger partial charge in [-0.2, -0.15) is 0 Å². The average molecular weight is 313 g/mol. The van der Waals surface area contributed by atoms with Gasteiger partial charge in [-0.3, -0.25) is 0 Å². The van der Waals surface area contributed by atoms with Crippen molar-refractivity contribution in [2.24, 2.45) is 5.92 Å². The molecule has 0 saturated carbocycles. The van der Waals surface area contributed by atoms with Crippen LogP contribution in [0.15, 0.2) is 65.7 Å². The molecule has 0 unspecified atom stereocenters. The zero-order valence-corrected chi connectivity index (χ0v) is 13.5. The predicted molar refractivity (Wildman–Crippen MR) is 89.5 cm³/mol. The Morgan fingerprint density at radius 2 is 1.68 bits per heavy atom. The first-order valence-electron chi connectivity index (χ1n) is 7.40. The van der Waals surface area contributed by atoms with Crippen LogP contribution < -0.4 is 0 Å². The molecule has 0 aliphatic rings. The number of rotatable bonds is 4. The van der Waals surface area contributed by atoms with Gasteiger partial charge in [0.05, 0.1) is 10.4 Å². The van der Waals surface area contributed by atoms with Gasteiger partial charge in [-0.15, -0.1) is 0 Å². The van der Waals surface area contributed by atoms with E-state index in [0.29, 0.717) is 10.8 Å². The molecule has 0 aliphatic carbocycles. The van der Waals surface area contributed by atoms with E-state index < -0.39 is 10.0 Å². The normalized spacial score (nSPS) is 12.1. The largest absolute Gasteiger partial charge is 0.268 e. The molecule has 3 nitrogen and oxygen atoms in total. The summed E-state index contributed by atoms with van der Waals surface area (Å²) >= 11 is 0. The molecule has 22 heavy (non-hydrogen) atoms. The monoisotopic (exact) mass is 313 g/mol. The molecule has 1 aromatic heterocycles. The van der Waals surface area contributed by atoms with Crippen molar-refractivity contribution in [3.8, 4) is 0 Å². The van der Waals surface area contributed by atoms with E-state index in [4.69, 9.17) is 0 Å². The number of fused-ring (bicyclic) bond motifs is 1. The van der Waals surface area contributed by atoms with Crippen molar-refractivity contribution in [2.45, 2.75) is 25.2 Å². The van der Waals surface area contributed by atoms with Crippen molar-refractivity contribution in [2.75, 3.05) is 0 Å². The molecule has 0 radical (unpaired) electrons. The average Bonchev–Trinajstić information content (AvgIpc) is 2.93. The highest BCUT2D eigenvalue weighted by atomic mass is 32.2. The number of hydrogen-bond acceptors (Lipinski definition) is 2. The lowest BCUT2D eigenvalue weighted by molar-refractivity contribution is 0.589. The molecule has 0 bridgehead atoms. The van der Waals surface area contributed by atoms with Gasteiger partial charge in [0.1, 0.15) is 0 Å². The predicted octanol–water partition coefficient (Wildman–Crippen LogP) is 4.08. The van der Waals surface area contributed by atoms with Gasteiger partial charge >= 0.3 is 0 Å². The maximum Gasteiger partial charge on any atom is 0.268 e. The lowest BCUT2D eigenvalue weighted by atomic mass is 10.00. The fourth-order valence-corrected chi connectivity index (χ4v) is 4.11.